The first kappa shape index (κ1) is 23.3. The van der Waals surface area contributed by atoms with Gasteiger partial charge in [-0.15, -0.1) is 10.2 Å². The Bertz CT molecular complexity index is 1590. The van der Waals surface area contributed by atoms with Crippen LogP contribution < -0.4 is 5.32 Å². The molecule has 3 heterocycles. The van der Waals surface area contributed by atoms with E-state index in [4.69, 9.17) is 0 Å². The maximum Gasteiger partial charge on any atom is 0.255 e. The highest BCUT2D eigenvalue weighted by Gasteiger charge is 2.24. The van der Waals surface area contributed by atoms with Gasteiger partial charge in [0, 0.05) is 35.7 Å². The van der Waals surface area contributed by atoms with Gasteiger partial charge in [-0.25, -0.2) is 4.98 Å². The van der Waals surface area contributed by atoms with Crippen molar-refractivity contribution in [3.8, 4) is 11.8 Å². The van der Waals surface area contributed by atoms with Crippen molar-refractivity contribution < 1.29 is 4.79 Å². The monoisotopic (exact) mass is 476 g/mol. The summed E-state index contributed by atoms with van der Waals surface area (Å²) in [5.41, 5.74) is 5.42. The Morgan fingerprint density at radius 1 is 1.03 bits per heavy atom. The molecule has 5 aromatic rings. The number of H-pyrrole nitrogens is 1. The maximum absolute atomic E-state index is 13.3. The van der Waals surface area contributed by atoms with Gasteiger partial charge in [-0.1, -0.05) is 62.4 Å². The number of carbonyl (C=O) groups excluding carboxylic acids is 1. The van der Waals surface area contributed by atoms with Crippen molar-refractivity contribution in [3.63, 3.8) is 0 Å². The summed E-state index contributed by atoms with van der Waals surface area (Å²) >= 11 is 0. The second kappa shape index (κ2) is 9.31. The summed E-state index contributed by atoms with van der Waals surface area (Å²) in [6, 6.07) is 17.7. The first-order valence-corrected chi connectivity index (χ1v) is 12.0. The average molecular weight is 477 g/mol. The maximum atomic E-state index is 13.3. The topological polar surface area (TPSA) is 88.0 Å². The Morgan fingerprint density at radius 3 is 2.53 bits per heavy atom. The normalized spacial score (nSPS) is 11.4. The van der Waals surface area contributed by atoms with Crippen LogP contribution in [0.1, 0.15) is 59.5 Å². The van der Waals surface area contributed by atoms with E-state index >= 15 is 0 Å². The zero-order valence-electron chi connectivity index (χ0n) is 20.9. The molecular formula is C29H28N6O. The van der Waals surface area contributed by atoms with Crippen LogP contribution in [-0.4, -0.2) is 37.0 Å². The quantitative estimate of drug-likeness (QED) is 0.372. The number of imidazole rings is 1. The number of rotatable bonds is 4. The van der Waals surface area contributed by atoms with Crippen molar-refractivity contribution in [1.82, 2.24) is 29.9 Å². The van der Waals surface area contributed by atoms with E-state index in [2.05, 4.69) is 58.1 Å². The molecule has 0 aliphatic carbocycles. The van der Waals surface area contributed by atoms with Crippen molar-refractivity contribution in [1.29, 1.82) is 0 Å². The van der Waals surface area contributed by atoms with E-state index in [1.165, 1.54) is 5.56 Å². The van der Waals surface area contributed by atoms with Crippen LogP contribution in [0.2, 0.25) is 0 Å². The Morgan fingerprint density at radius 2 is 1.78 bits per heavy atom. The SMILES string of the molecule is Cc1ccc(C#Cc2cc(C(=O)NCCc3nc4ccccc4[nH]3)c3nnc(C(C)(C)C)n3c2)cc1. The molecule has 2 N–H and O–H groups in total. The van der Waals surface area contributed by atoms with E-state index in [0.717, 1.165) is 33.8 Å². The van der Waals surface area contributed by atoms with Crippen LogP contribution in [0.3, 0.4) is 0 Å². The number of pyridine rings is 1. The fourth-order valence-corrected chi connectivity index (χ4v) is 4.04. The number of aromatic amines is 1. The third kappa shape index (κ3) is 4.84. The number of fused-ring (bicyclic) bond motifs is 2. The van der Waals surface area contributed by atoms with E-state index in [9.17, 15) is 4.79 Å². The highest BCUT2D eigenvalue weighted by Crippen LogP contribution is 2.23. The van der Waals surface area contributed by atoms with E-state index in [1.807, 2.05) is 66.1 Å². The van der Waals surface area contributed by atoms with Gasteiger partial charge in [0.1, 0.15) is 11.6 Å². The number of hydrogen-bond acceptors (Lipinski definition) is 4. The average Bonchev–Trinajstić information content (AvgIpc) is 3.47. The summed E-state index contributed by atoms with van der Waals surface area (Å²) < 4.78 is 1.88. The van der Waals surface area contributed by atoms with Gasteiger partial charge in [-0.3, -0.25) is 9.20 Å². The van der Waals surface area contributed by atoms with Gasteiger partial charge in [0.15, 0.2) is 5.65 Å². The minimum absolute atomic E-state index is 0.219. The first-order chi connectivity index (χ1) is 17.3. The van der Waals surface area contributed by atoms with Gasteiger partial charge < -0.3 is 10.3 Å². The van der Waals surface area contributed by atoms with E-state index in [-0.39, 0.29) is 11.3 Å². The van der Waals surface area contributed by atoms with Crippen molar-refractivity contribution in [2.45, 2.75) is 39.5 Å². The molecule has 0 saturated heterocycles. The number of aromatic nitrogens is 5. The van der Waals surface area contributed by atoms with Gasteiger partial charge >= 0.3 is 0 Å². The molecule has 7 nitrogen and oxygen atoms in total. The van der Waals surface area contributed by atoms with Gasteiger partial charge in [-0.2, -0.15) is 0 Å². The van der Waals surface area contributed by atoms with Crippen LogP contribution in [-0.2, 0) is 11.8 Å². The molecule has 0 radical (unpaired) electrons. The van der Waals surface area contributed by atoms with Crippen LogP contribution in [0.5, 0.6) is 0 Å². The molecule has 7 heteroatoms. The summed E-state index contributed by atoms with van der Waals surface area (Å²) in [5, 5.41) is 11.8. The first-order valence-electron chi connectivity index (χ1n) is 12.0. The lowest BCUT2D eigenvalue weighted by atomic mass is 9.96. The van der Waals surface area contributed by atoms with Gasteiger partial charge in [0.25, 0.3) is 5.91 Å². The van der Waals surface area contributed by atoms with Gasteiger partial charge in [0.05, 0.1) is 16.6 Å². The molecular weight excluding hydrogens is 448 g/mol. The summed E-state index contributed by atoms with van der Waals surface area (Å²) in [5.74, 6) is 7.79. The number of carbonyl (C=O) groups is 1. The van der Waals surface area contributed by atoms with E-state index < -0.39 is 0 Å². The summed E-state index contributed by atoms with van der Waals surface area (Å²) in [4.78, 5) is 21.2. The molecule has 1 amide bonds. The molecule has 0 atom stereocenters. The van der Waals surface area contributed by atoms with Gasteiger partial charge in [0.2, 0.25) is 0 Å². The summed E-state index contributed by atoms with van der Waals surface area (Å²) in [7, 11) is 0. The third-order valence-corrected chi connectivity index (χ3v) is 5.91. The number of aryl methyl sites for hydroxylation is 1. The Balaban J connectivity index is 1.43. The van der Waals surface area contributed by atoms with Crippen LogP contribution in [0.4, 0.5) is 0 Å². The summed E-state index contributed by atoms with van der Waals surface area (Å²) in [6.07, 6.45) is 2.49. The molecule has 0 fully saturated rings. The summed E-state index contributed by atoms with van der Waals surface area (Å²) in [6.45, 7) is 8.69. The number of hydrogen-bond donors (Lipinski definition) is 2. The Hall–Kier alpha value is -4.44. The number of nitrogens with one attached hydrogen (secondary N) is 2. The minimum atomic E-state index is -0.253. The zero-order valence-corrected chi connectivity index (χ0v) is 20.9. The molecule has 0 bridgehead atoms. The lowest BCUT2D eigenvalue weighted by molar-refractivity contribution is 0.0955. The van der Waals surface area contributed by atoms with Crippen molar-refractivity contribution >= 4 is 22.6 Å². The number of benzene rings is 2. The third-order valence-electron chi connectivity index (χ3n) is 5.91. The van der Waals surface area contributed by atoms with Crippen molar-refractivity contribution in [2.24, 2.45) is 0 Å². The van der Waals surface area contributed by atoms with Crippen LogP contribution in [0.25, 0.3) is 16.7 Å². The Labute approximate surface area is 210 Å². The molecule has 0 saturated carbocycles. The lowest BCUT2D eigenvalue weighted by Gasteiger charge is -2.16. The second-order valence-corrected chi connectivity index (χ2v) is 9.93. The molecule has 3 aromatic heterocycles. The molecule has 0 aliphatic heterocycles. The number of nitrogens with zero attached hydrogens (tertiary/aromatic N) is 4. The van der Waals surface area contributed by atoms with Crippen LogP contribution >= 0.6 is 0 Å². The van der Waals surface area contributed by atoms with E-state index in [0.29, 0.717) is 24.2 Å². The largest absolute Gasteiger partial charge is 0.351 e. The smallest absolute Gasteiger partial charge is 0.255 e. The lowest BCUT2D eigenvalue weighted by Crippen LogP contribution is -2.27. The highest BCUT2D eigenvalue weighted by molar-refractivity contribution is 6.00. The molecule has 0 aliphatic rings. The predicted octanol–water partition coefficient (Wildman–Crippen LogP) is 4.58. The predicted molar refractivity (Wildman–Crippen MR) is 141 cm³/mol. The second-order valence-electron chi connectivity index (χ2n) is 9.93. The van der Waals surface area contributed by atoms with Gasteiger partial charge in [-0.05, 0) is 37.3 Å². The van der Waals surface area contributed by atoms with E-state index in [1.54, 1.807) is 6.07 Å². The molecule has 5 rings (SSSR count). The molecule has 0 unspecified atom stereocenters. The minimum Gasteiger partial charge on any atom is -0.351 e. The number of amides is 1. The number of para-hydroxylation sites is 2. The fraction of sp³-hybridized carbons (Fsp3) is 0.241. The highest BCUT2D eigenvalue weighted by atomic mass is 16.1. The van der Waals surface area contributed by atoms with Crippen molar-refractivity contribution in [3.05, 3.63) is 94.7 Å². The molecule has 0 spiro atoms. The van der Waals surface area contributed by atoms with Crippen molar-refractivity contribution in [2.75, 3.05) is 6.54 Å². The molecule has 180 valence electrons. The zero-order chi connectivity index (χ0) is 25.3. The fourth-order valence-electron chi connectivity index (χ4n) is 4.04. The Kier molecular flexibility index (Phi) is 6.03. The van der Waals surface area contributed by atoms with Crippen LogP contribution in [0.15, 0.2) is 60.8 Å². The molecule has 36 heavy (non-hydrogen) atoms. The van der Waals surface area contributed by atoms with Crippen LogP contribution in [0, 0.1) is 18.8 Å². The molecule has 2 aromatic carbocycles. The standard InChI is InChI=1S/C29H28N6O/c1-19-9-11-20(12-10-19)13-14-21-17-22(26-33-34-28(29(2,3)4)35(26)18-21)27(36)30-16-15-25-31-23-7-5-6-8-24(23)32-25/h5-12,17-18H,15-16H2,1-4H3,(H,30,36)(H,31,32).